The quantitative estimate of drug-likeness (QED) is 0.0597. The number of carbonyl (C=O) groups excluding carboxylic acids is 3. The van der Waals surface area contributed by atoms with E-state index in [9.17, 15) is 14.4 Å². The normalized spacial score (nSPS) is 10.9. The maximum absolute atomic E-state index is 13.3. The van der Waals surface area contributed by atoms with Crippen LogP contribution in [-0.4, -0.2) is 38.0 Å². The van der Waals surface area contributed by atoms with Gasteiger partial charge in [-0.3, -0.25) is 4.79 Å². The van der Waals surface area contributed by atoms with E-state index in [-0.39, 0.29) is 23.5 Å². The van der Waals surface area contributed by atoms with Crippen LogP contribution in [0.15, 0.2) is 42.5 Å². The molecule has 46 heavy (non-hydrogen) atoms. The van der Waals surface area contributed by atoms with Crippen molar-refractivity contribution in [2.45, 2.75) is 142 Å². The Morgan fingerprint density at radius 3 is 1.33 bits per heavy atom. The highest BCUT2D eigenvalue weighted by molar-refractivity contribution is 6.12. The highest BCUT2D eigenvalue weighted by atomic mass is 16.5. The SMILES string of the molecule is CCCCCCCCCCCCOC(=O)c1ccc(C(=O)c2ccc(NC)cc2)cc1C(=O)OCCCCCCCCCCCC. The minimum absolute atomic E-state index is 0.0813. The van der Waals surface area contributed by atoms with Gasteiger partial charge in [0.05, 0.1) is 24.3 Å². The number of nitrogens with one attached hydrogen (secondary N) is 1. The summed E-state index contributed by atoms with van der Waals surface area (Å²) in [6.45, 7) is 5.06. The number of anilines is 1. The molecule has 6 nitrogen and oxygen atoms in total. The van der Waals surface area contributed by atoms with Crippen LogP contribution < -0.4 is 5.32 Å². The average molecular weight is 636 g/mol. The van der Waals surface area contributed by atoms with Gasteiger partial charge in [0.15, 0.2) is 5.78 Å². The number of hydrogen-bond donors (Lipinski definition) is 1. The van der Waals surface area contributed by atoms with E-state index in [1.807, 2.05) is 19.2 Å². The molecule has 0 aliphatic heterocycles. The van der Waals surface area contributed by atoms with Gasteiger partial charge in [0, 0.05) is 23.9 Å². The molecule has 256 valence electrons. The Kier molecular flexibility index (Phi) is 21.2. The molecule has 2 aromatic carbocycles. The molecule has 0 atom stereocenters. The van der Waals surface area contributed by atoms with Crippen LogP contribution in [0.2, 0.25) is 0 Å². The Hall–Kier alpha value is -3.15. The van der Waals surface area contributed by atoms with Crippen LogP contribution in [0, 0.1) is 0 Å². The monoisotopic (exact) mass is 635 g/mol. The molecule has 0 bridgehead atoms. The highest BCUT2D eigenvalue weighted by Gasteiger charge is 2.22. The van der Waals surface area contributed by atoms with Crippen LogP contribution in [0.5, 0.6) is 0 Å². The van der Waals surface area contributed by atoms with Gasteiger partial charge in [0.2, 0.25) is 0 Å². The van der Waals surface area contributed by atoms with Crippen LogP contribution in [0.1, 0.15) is 179 Å². The first-order valence-corrected chi connectivity index (χ1v) is 18.3. The number of esters is 2. The molecule has 6 heteroatoms. The number of carbonyl (C=O) groups is 3. The summed E-state index contributed by atoms with van der Waals surface area (Å²) >= 11 is 0. The van der Waals surface area contributed by atoms with Crippen LogP contribution in [0.3, 0.4) is 0 Å². The number of benzene rings is 2. The molecule has 0 radical (unpaired) electrons. The average Bonchev–Trinajstić information content (AvgIpc) is 3.08. The van der Waals surface area contributed by atoms with Crippen molar-refractivity contribution in [1.29, 1.82) is 0 Å². The fourth-order valence-electron chi connectivity index (χ4n) is 5.65. The van der Waals surface area contributed by atoms with Crippen molar-refractivity contribution in [3.05, 3.63) is 64.7 Å². The van der Waals surface area contributed by atoms with E-state index >= 15 is 0 Å². The summed E-state index contributed by atoms with van der Waals surface area (Å²) in [4.78, 5) is 39.6. The molecule has 0 unspecified atom stereocenters. The summed E-state index contributed by atoms with van der Waals surface area (Å²) in [5.74, 6) is -1.38. The Balaban J connectivity index is 1.91. The van der Waals surface area contributed by atoms with Gasteiger partial charge in [-0.25, -0.2) is 9.59 Å². The molecule has 0 saturated carbocycles. The summed E-state index contributed by atoms with van der Waals surface area (Å²) < 4.78 is 11.2. The standard InChI is InChI=1S/C40H61NO5/c1-4-6-8-10-12-14-16-18-20-22-30-45-39(43)36-29-26-34(38(42)33-24-27-35(41-3)28-25-33)32-37(36)40(44)46-31-23-21-19-17-15-13-11-9-7-5-2/h24-29,32,41H,4-23,30-31H2,1-3H3. The van der Waals surface area contributed by atoms with Crippen molar-refractivity contribution in [3.8, 4) is 0 Å². The molecule has 1 N–H and O–H groups in total. The minimum Gasteiger partial charge on any atom is -0.462 e. The lowest BCUT2D eigenvalue weighted by molar-refractivity contribution is 0.0450. The van der Waals surface area contributed by atoms with Gasteiger partial charge in [-0.2, -0.15) is 0 Å². The van der Waals surface area contributed by atoms with Crippen LogP contribution >= 0.6 is 0 Å². The maximum atomic E-state index is 13.3. The van der Waals surface area contributed by atoms with Crippen LogP contribution in [0.25, 0.3) is 0 Å². The van der Waals surface area contributed by atoms with Crippen molar-refractivity contribution in [1.82, 2.24) is 0 Å². The van der Waals surface area contributed by atoms with E-state index in [1.54, 1.807) is 18.2 Å². The van der Waals surface area contributed by atoms with Gasteiger partial charge < -0.3 is 14.8 Å². The van der Waals surface area contributed by atoms with Gasteiger partial charge in [0.1, 0.15) is 0 Å². The van der Waals surface area contributed by atoms with Gasteiger partial charge >= 0.3 is 11.9 Å². The fourth-order valence-corrected chi connectivity index (χ4v) is 5.65. The predicted molar refractivity (Wildman–Crippen MR) is 190 cm³/mol. The van der Waals surface area contributed by atoms with Crippen molar-refractivity contribution in [2.24, 2.45) is 0 Å². The summed E-state index contributed by atoms with van der Waals surface area (Å²) in [5, 5.41) is 3.04. The zero-order valence-corrected chi connectivity index (χ0v) is 29.1. The lowest BCUT2D eigenvalue weighted by atomic mass is 9.98. The van der Waals surface area contributed by atoms with E-state index < -0.39 is 11.9 Å². The first-order valence-electron chi connectivity index (χ1n) is 18.3. The van der Waals surface area contributed by atoms with Gasteiger partial charge in [-0.1, -0.05) is 135 Å². The number of hydrogen-bond acceptors (Lipinski definition) is 6. The minimum atomic E-state index is -0.595. The van der Waals surface area contributed by atoms with Gasteiger partial charge in [-0.15, -0.1) is 0 Å². The van der Waals surface area contributed by atoms with Crippen LogP contribution in [-0.2, 0) is 9.47 Å². The number of rotatable bonds is 27. The third-order valence-corrected chi connectivity index (χ3v) is 8.62. The van der Waals surface area contributed by atoms with Gasteiger partial charge in [0.25, 0.3) is 0 Å². The first-order chi connectivity index (χ1) is 22.5. The lowest BCUT2D eigenvalue weighted by Gasteiger charge is -2.12. The number of ether oxygens (including phenoxy) is 2. The lowest BCUT2D eigenvalue weighted by Crippen LogP contribution is -2.16. The Morgan fingerprint density at radius 1 is 0.500 bits per heavy atom. The molecular weight excluding hydrogens is 574 g/mol. The molecule has 0 fully saturated rings. The molecule has 2 rings (SSSR count). The van der Waals surface area contributed by atoms with Crippen molar-refractivity contribution in [3.63, 3.8) is 0 Å². The smallest absolute Gasteiger partial charge is 0.339 e. The molecule has 0 saturated heterocycles. The Morgan fingerprint density at radius 2 is 0.891 bits per heavy atom. The third-order valence-electron chi connectivity index (χ3n) is 8.62. The second kappa shape index (κ2) is 25.0. The van der Waals surface area contributed by atoms with E-state index in [2.05, 4.69) is 19.2 Å². The zero-order valence-electron chi connectivity index (χ0n) is 29.1. The molecule has 0 amide bonds. The van der Waals surface area contributed by atoms with Crippen LogP contribution in [0.4, 0.5) is 5.69 Å². The van der Waals surface area contributed by atoms with Crippen molar-refractivity contribution >= 4 is 23.4 Å². The molecule has 0 heterocycles. The summed E-state index contributed by atoms with van der Waals surface area (Å²) in [6, 6.07) is 11.7. The second-order valence-corrected chi connectivity index (χ2v) is 12.6. The molecule has 0 aliphatic carbocycles. The summed E-state index contributed by atoms with van der Waals surface area (Å²) in [6.07, 6.45) is 23.9. The zero-order chi connectivity index (χ0) is 33.2. The Labute approximate surface area is 279 Å². The van der Waals surface area contributed by atoms with E-state index in [0.29, 0.717) is 17.7 Å². The van der Waals surface area contributed by atoms with Crippen molar-refractivity contribution < 1.29 is 23.9 Å². The molecule has 0 spiro atoms. The molecule has 2 aromatic rings. The summed E-state index contributed by atoms with van der Waals surface area (Å²) in [5.41, 5.74) is 1.95. The fraction of sp³-hybridized carbons (Fsp3) is 0.625. The largest absolute Gasteiger partial charge is 0.462 e. The topological polar surface area (TPSA) is 81.7 Å². The summed E-state index contributed by atoms with van der Waals surface area (Å²) in [7, 11) is 1.82. The highest BCUT2D eigenvalue weighted by Crippen LogP contribution is 2.20. The van der Waals surface area contributed by atoms with E-state index in [4.69, 9.17) is 9.47 Å². The predicted octanol–water partition coefficient (Wildman–Crippen LogP) is 11.1. The second-order valence-electron chi connectivity index (χ2n) is 12.6. The van der Waals surface area contributed by atoms with E-state index in [0.717, 1.165) is 44.2 Å². The maximum Gasteiger partial charge on any atom is 0.339 e. The number of unbranched alkanes of at least 4 members (excludes halogenated alkanes) is 18. The third kappa shape index (κ3) is 15.9. The number of ketones is 1. The van der Waals surface area contributed by atoms with Gasteiger partial charge in [-0.05, 0) is 49.2 Å². The van der Waals surface area contributed by atoms with Crippen molar-refractivity contribution in [2.75, 3.05) is 25.6 Å². The molecule has 0 aliphatic rings. The molecule has 0 aromatic heterocycles. The van der Waals surface area contributed by atoms with E-state index in [1.165, 1.54) is 102 Å². The first kappa shape index (κ1) is 39.0. The molecular formula is C40H61NO5. The Bertz CT molecular complexity index is 1130.